The van der Waals surface area contributed by atoms with Crippen LogP contribution >= 0.6 is 0 Å². The van der Waals surface area contributed by atoms with Gasteiger partial charge in [0.05, 0.1) is 31.7 Å². The van der Waals surface area contributed by atoms with Crippen molar-refractivity contribution in [3.63, 3.8) is 0 Å². The summed E-state index contributed by atoms with van der Waals surface area (Å²) in [6, 6.07) is 2.03. The Bertz CT molecular complexity index is 665. The van der Waals surface area contributed by atoms with Gasteiger partial charge in [-0.05, 0) is 24.2 Å². The van der Waals surface area contributed by atoms with E-state index in [9.17, 15) is 8.42 Å². The Balaban J connectivity index is 1.54. The minimum Gasteiger partial charge on any atom is -0.379 e. The highest BCUT2D eigenvalue weighted by Gasteiger charge is 2.49. The van der Waals surface area contributed by atoms with Crippen molar-refractivity contribution in [1.29, 1.82) is 0 Å². The molecule has 1 aromatic heterocycles. The Morgan fingerprint density at radius 1 is 1.38 bits per heavy atom. The maximum absolute atomic E-state index is 11.4. The molecule has 1 N–H and O–H groups in total. The number of morpholine rings is 1. The Kier molecular flexibility index (Phi) is 5.01. The van der Waals surface area contributed by atoms with Crippen LogP contribution < -0.4 is 4.72 Å². The molecular formula is C16H27N3O4S. The number of nitrogens with one attached hydrogen (secondary N) is 1. The molecule has 1 saturated carbocycles. The van der Waals surface area contributed by atoms with Crippen LogP contribution in [0.4, 0.5) is 0 Å². The van der Waals surface area contributed by atoms with Gasteiger partial charge in [-0.25, -0.2) is 13.1 Å². The van der Waals surface area contributed by atoms with Crippen molar-refractivity contribution in [3.05, 3.63) is 17.5 Å². The fourth-order valence-corrected chi connectivity index (χ4v) is 4.50. The van der Waals surface area contributed by atoms with Gasteiger partial charge in [0.15, 0.2) is 5.76 Å². The highest BCUT2D eigenvalue weighted by molar-refractivity contribution is 7.88. The number of ether oxygens (including phenoxy) is 1. The first-order chi connectivity index (χ1) is 11.2. The summed E-state index contributed by atoms with van der Waals surface area (Å²) in [5, 5.41) is 4.20. The minimum absolute atomic E-state index is 0.00257. The van der Waals surface area contributed by atoms with Gasteiger partial charge >= 0.3 is 0 Å². The molecular weight excluding hydrogens is 330 g/mol. The van der Waals surface area contributed by atoms with Crippen molar-refractivity contribution < 1.29 is 17.7 Å². The van der Waals surface area contributed by atoms with Crippen molar-refractivity contribution in [2.45, 2.75) is 39.3 Å². The van der Waals surface area contributed by atoms with Crippen LogP contribution in [-0.2, 0) is 27.7 Å². The van der Waals surface area contributed by atoms with Gasteiger partial charge in [-0.2, -0.15) is 0 Å². The van der Waals surface area contributed by atoms with E-state index in [2.05, 4.69) is 28.6 Å². The summed E-state index contributed by atoms with van der Waals surface area (Å²) in [4.78, 5) is 2.30. The third-order valence-electron chi connectivity index (χ3n) is 5.37. The number of hydrogen-bond donors (Lipinski definition) is 1. The van der Waals surface area contributed by atoms with Crippen molar-refractivity contribution in [2.75, 3.05) is 32.6 Å². The van der Waals surface area contributed by atoms with Gasteiger partial charge in [0.25, 0.3) is 0 Å². The molecule has 136 valence electrons. The zero-order valence-electron chi connectivity index (χ0n) is 14.6. The summed E-state index contributed by atoms with van der Waals surface area (Å²) in [6.07, 6.45) is 2.87. The molecule has 1 aliphatic carbocycles. The number of sulfonamides is 1. The highest BCUT2D eigenvalue weighted by Crippen LogP contribution is 2.48. The lowest BCUT2D eigenvalue weighted by atomic mass is 9.57. The van der Waals surface area contributed by atoms with E-state index < -0.39 is 10.0 Å². The van der Waals surface area contributed by atoms with E-state index in [-0.39, 0.29) is 11.5 Å². The van der Waals surface area contributed by atoms with Gasteiger partial charge in [0, 0.05) is 25.2 Å². The molecule has 0 amide bonds. The molecule has 2 aliphatic rings. The first-order valence-electron chi connectivity index (χ1n) is 8.46. The summed E-state index contributed by atoms with van der Waals surface area (Å²) >= 11 is 0. The first-order valence-corrected chi connectivity index (χ1v) is 10.3. The highest BCUT2D eigenvalue weighted by atomic mass is 32.2. The minimum atomic E-state index is -3.16. The van der Waals surface area contributed by atoms with E-state index in [1.807, 2.05) is 6.07 Å². The maximum Gasteiger partial charge on any atom is 0.208 e. The molecule has 24 heavy (non-hydrogen) atoms. The lowest BCUT2D eigenvalue weighted by Crippen LogP contribution is -2.58. The van der Waals surface area contributed by atoms with Crippen LogP contribution in [0.5, 0.6) is 0 Å². The second kappa shape index (κ2) is 6.74. The fourth-order valence-electron chi connectivity index (χ4n) is 3.58. The van der Waals surface area contributed by atoms with Crippen LogP contribution in [0.3, 0.4) is 0 Å². The standard InChI is InChI=1S/C16H27N3O4S/c1-16(2)12(9-15(16)18-24(3,20)21)8-13-10-14(23-17-13)11-19-4-6-22-7-5-19/h10,12,15,18H,4-9,11H2,1-3H3. The van der Waals surface area contributed by atoms with E-state index in [1.54, 1.807) is 0 Å². The zero-order chi connectivity index (χ0) is 17.4. The summed E-state index contributed by atoms with van der Waals surface area (Å²) in [5.74, 6) is 1.29. The Morgan fingerprint density at radius 2 is 2.08 bits per heavy atom. The first kappa shape index (κ1) is 17.8. The molecule has 0 radical (unpaired) electrons. The second-order valence-electron chi connectivity index (χ2n) is 7.57. The molecule has 7 nitrogen and oxygen atoms in total. The van der Waals surface area contributed by atoms with Gasteiger partial charge in [-0.15, -0.1) is 0 Å². The molecule has 2 heterocycles. The molecule has 2 unspecified atom stereocenters. The topological polar surface area (TPSA) is 84.7 Å². The maximum atomic E-state index is 11.4. The largest absolute Gasteiger partial charge is 0.379 e. The Hall–Kier alpha value is -0.960. The van der Waals surface area contributed by atoms with E-state index in [0.29, 0.717) is 5.92 Å². The molecule has 2 fully saturated rings. The number of aromatic nitrogens is 1. The molecule has 2 atom stereocenters. The van der Waals surface area contributed by atoms with E-state index in [0.717, 1.165) is 57.1 Å². The second-order valence-corrected chi connectivity index (χ2v) is 9.35. The lowest BCUT2D eigenvalue weighted by Gasteiger charge is -2.52. The number of nitrogens with zero attached hydrogens (tertiary/aromatic N) is 2. The van der Waals surface area contributed by atoms with Crippen LogP contribution in [0.2, 0.25) is 0 Å². The molecule has 1 aromatic rings. The summed E-state index contributed by atoms with van der Waals surface area (Å²) < 4.78 is 36.4. The average Bonchev–Trinajstić information content (AvgIpc) is 2.93. The molecule has 8 heteroatoms. The normalized spacial score (nSPS) is 27.8. The molecule has 0 spiro atoms. The molecule has 0 bridgehead atoms. The third-order valence-corrected chi connectivity index (χ3v) is 6.09. The van der Waals surface area contributed by atoms with Crippen LogP contribution in [0, 0.1) is 11.3 Å². The van der Waals surface area contributed by atoms with Crippen molar-refractivity contribution in [3.8, 4) is 0 Å². The smallest absolute Gasteiger partial charge is 0.208 e. The third kappa shape index (κ3) is 4.17. The summed E-state index contributed by atoms with van der Waals surface area (Å²) in [7, 11) is -3.16. The van der Waals surface area contributed by atoms with Gasteiger partial charge < -0.3 is 9.26 Å². The van der Waals surface area contributed by atoms with Crippen molar-refractivity contribution in [1.82, 2.24) is 14.8 Å². The summed E-state index contributed by atoms with van der Waals surface area (Å²) in [6.45, 7) is 8.37. The zero-order valence-corrected chi connectivity index (χ0v) is 15.4. The predicted octanol–water partition coefficient (Wildman–Crippen LogP) is 1.01. The van der Waals surface area contributed by atoms with Crippen molar-refractivity contribution in [2.24, 2.45) is 11.3 Å². The van der Waals surface area contributed by atoms with Gasteiger partial charge in [-0.3, -0.25) is 4.90 Å². The van der Waals surface area contributed by atoms with Gasteiger partial charge in [-0.1, -0.05) is 19.0 Å². The lowest BCUT2D eigenvalue weighted by molar-refractivity contribution is 0.0269. The molecule has 0 aromatic carbocycles. The molecule has 1 aliphatic heterocycles. The van der Waals surface area contributed by atoms with E-state index in [4.69, 9.17) is 9.26 Å². The number of rotatable bonds is 6. The quantitative estimate of drug-likeness (QED) is 0.818. The predicted molar refractivity (Wildman–Crippen MR) is 90.0 cm³/mol. The monoisotopic (exact) mass is 357 g/mol. The van der Waals surface area contributed by atoms with Crippen LogP contribution in [0.15, 0.2) is 10.6 Å². The van der Waals surface area contributed by atoms with Crippen LogP contribution in [0.25, 0.3) is 0 Å². The SMILES string of the molecule is CC1(C)C(Cc2cc(CN3CCOCC3)on2)CC1NS(C)(=O)=O. The molecule has 1 saturated heterocycles. The average molecular weight is 357 g/mol. The Labute approximate surface area is 143 Å². The van der Waals surface area contributed by atoms with Gasteiger partial charge in [0.1, 0.15) is 0 Å². The summed E-state index contributed by atoms with van der Waals surface area (Å²) in [5.41, 5.74) is 0.876. The fraction of sp³-hybridized carbons (Fsp3) is 0.812. The van der Waals surface area contributed by atoms with E-state index in [1.165, 1.54) is 6.26 Å². The van der Waals surface area contributed by atoms with E-state index >= 15 is 0 Å². The van der Waals surface area contributed by atoms with Crippen molar-refractivity contribution >= 4 is 10.0 Å². The Morgan fingerprint density at radius 3 is 2.71 bits per heavy atom. The van der Waals surface area contributed by atoms with Crippen LogP contribution in [-0.4, -0.2) is 57.1 Å². The van der Waals surface area contributed by atoms with Gasteiger partial charge in [0.2, 0.25) is 10.0 Å². The number of hydrogen-bond acceptors (Lipinski definition) is 6. The van der Waals surface area contributed by atoms with Crippen LogP contribution in [0.1, 0.15) is 31.7 Å². The molecule has 3 rings (SSSR count).